The number of hydrogen-bond acceptors (Lipinski definition) is 2. The van der Waals surface area contributed by atoms with Gasteiger partial charge in [-0.05, 0) is 37.6 Å². The van der Waals surface area contributed by atoms with Crippen molar-refractivity contribution in [2.45, 2.75) is 52.6 Å². The number of hydrogen-bond donors (Lipinski definition) is 1. The maximum Gasteiger partial charge on any atom is 0.125 e. The van der Waals surface area contributed by atoms with Crippen LogP contribution in [0.4, 0.5) is 4.39 Å². The minimum atomic E-state index is -0.192. The molecule has 0 aliphatic rings. The fourth-order valence-electron chi connectivity index (χ4n) is 2.45. The Kier molecular flexibility index (Phi) is 5.12. The van der Waals surface area contributed by atoms with E-state index in [2.05, 4.69) is 35.6 Å². The molecule has 0 aliphatic carbocycles. The van der Waals surface area contributed by atoms with Crippen LogP contribution in [0.2, 0.25) is 0 Å². The molecule has 0 saturated carbocycles. The minimum absolute atomic E-state index is 0.192. The highest BCUT2D eigenvalue weighted by Gasteiger charge is 2.10. The highest BCUT2D eigenvalue weighted by molar-refractivity contribution is 5.76. The quantitative estimate of drug-likeness (QED) is 0.785. The zero-order valence-corrected chi connectivity index (χ0v) is 12.6. The Labute approximate surface area is 120 Å². The van der Waals surface area contributed by atoms with E-state index in [1.807, 2.05) is 0 Å². The molecule has 0 radical (unpaired) electrons. The average molecular weight is 277 g/mol. The Morgan fingerprint density at radius 2 is 2.15 bits per heavy atom. The van der Waals surface area contributed by atoms with Gasteiger partial charge < -0.3 is 9.88 Å². The minimum Gasteiger partial charge on any atom is -0.328 e. The molecule has 0 spiro atoms. The number of nitrogens with zero attached hydrogens (tertiary/aromatic N) is 2. The molecule has 2 rings (SSSR count). The number of fused-ring (bicyclic) bond motifs is 1. The molecule has 3 nitrogen and oxygen atoms in total. The van der Waals surface area contributed by atoms with Gasteiger partial charge in [0.15, 0.2) is 0 Å². The predicted molar refractivity (Wildman–Crippen MR) is 81.4 cm³/mol. The highest BCUT2D eigenvalue weighted by atomic mass is 19.1. The summed E-state index contributed by atoms with van der Waals surface area (Å²) in [6, 6.07) is 5.36. The lowest BCUT2D eigenvalue weighted by Gasteiger charge is -2.09. The third-order valence-corrected chi connectivity index (χ3v) is 3.37. The summed E-state index contributed by atoms with van der Waals surface area (Å²) in [4.78, 5) is 4.66. The molecule has 0 fully saturated rings. The van der Waals surface area contributed by atoms with Gasteiger partial charge in [-0.25, -0.2) is 9.37 Å². The molecule has 0 aliphatic heterocycles. The van der Waals surface area contributed by atoms with Gasteiger partial charge in [-0.15, -0.1) is 0 Å². The molecule has 0 amide bonds. The van der Waals surface area contributed by atoms with Gasteiger partial charge in [-0.3, -0.25) is 0 Å². The number of nitrogens with one attached hydrogen (secondary N) is 1. The maximum atomic E-state index is 13.4. The zero-order valence-electron chi connectivity index (χ0n) is 12.6. The maximum absolute atomic E-state index is 13.4. The molecule has 0 bridgehead atoms. The molecular formula is C16H24FN3. The third kappa shape index (κ3) is 3.57. The zero-order chi connectivity index (χ0) is 14.5. The van der Waals surface area contributed by atoms with Gasteiger partial charge in [0, 0.05) is 19.0 Å². The molecule has 0 atom stereocenters. The topological polar surface area (TPSA) is 29.9 Å². The van der Waals surface area contributed by atoms with Crippen LogP contribution in [0.25, 0.3) is 11.0 Å². The largest absolute Gasteiger partial charge is 0.328 e. The molecule has 0 unspecified atom stereocenters. The Balaban J connectivity index is 2.16. The fraction of sp³-hybridized carbons (Fsp3) is 0.562. The summed E-state index contributed by atoms with van der Waals surface area (Å²) in [5.74, 6) is 0.876. The van der Waals surface area contributed by atoms with Gasteiger partial charge >= 0.3 is 0 Å². The van der Waals surface area contributed by atoms with E-state index in [1.165, 1.54) is 6.07 Å². The van der Waals surface area contributed by atoms with Gasteiger partial charge in [-0.2, -0.15) is 0 Å². The van der Waals surface area contributed by atoms with Crippen molar-refractivity contribution in [1.29, 1.82) is 0 Å². The first kappa shape index (κ1) is 15.0. The summed E-state index contributed by atoms with van der Waals surface area (Å²) in [7, 11) is 0. The monoisotopic (exact) mass is 277 g/mol. The van der Waals surface area contributed by atoms with E-state index in [0.29, 0.717) is 6.04 Å². The standard InChI is InChI=1S/C16H24FN3/c1-4-10-20-15-11-13(17)7-8-14(15)19-16(20)6-5-9-18-12(2)3/h7-8,11-12,18H,4-6,9-10H2,1-3H3. The van der Waals surface area contributed by atoms with E-state index in [9.17, 15) is 4.39 Å². The lowest BCUT2D eigenvalue weighted by Crippen LogP contribution is -2.24. The first-order valence-corrected chi connectivity index (χ1v) is 7.50. The van der Waals surface area contributed by atoms with Crippen LogP contribution in [-0.4, -0.2) is 22.1 Å². The van der Waals surface area contributed by atoms with Crippen molar-refractivity contribution in [3.8, 4) is 0 Å². The first-order valence-electron chi connectivity index (χ1n) is 7.50. The summed E-state index contributed by atoms with van der Waals surface area (Å²) in [6.45, 7) is 8.31. The lowest BCUT2D eigenvalue weighted by molar-refractivity contribution is 0.556. The first-order chi connectivity index (χ1) is 9.61. The predicted octanol–water partition coefficient (Wildman–Crippen LogP) is 3.52. The SMILES string of the molecule is CCCn1c(CCCNC(C)C)nc2ccc(F)cc21. The molecule has 1 aromatic heterocycles. The lowest BCUT2D eigenvalue weighted by atomic mass is 10.2. The van der Waals surface area contributed by atoms with E-state index in [0.717, 1.165) is 49.2 Å². The highest BCUT2D eigenvalue weighted by Crippen LogP contribution is 2.19. The van der Waals surface area contributed by atoms with Crippen LogP contribution >= 0.6 is 0 Å². The van der Waals surface area contributed by atoms with Gasteiger partial charge in [-0.1, -0.05) is 20.8 Å². The van der Waals surface area contributed by atoms with Gasteiger partial charge in [0.05, 0.1) is 11.0 Å². The molecule has 1 heterocycles. The van der Waals surface area contributed by atoms with Gasteiger partial charge in [0.1, 0.15) is 11.6 Å². The second kappa shape index (κ2) is 6.84. The van der Waals surface area contributed by atoms with Crippen molar-refractivity contribution in [2.24, 2.45) is 0 Å². The van der Waals surface area contributed by atoms with Crippen LogP contribution < -0.4 is 5.32 Å². The summed E-state index contributed by atoms with van der Waals surface area (Å²) < 4.78 is 15.6. The number of imidazole rings is 1. The van der Waals surface area contributed by atoms with E-state index < -0.39 is 0 Å². The van der Waals surface area contributed by atoms with E-state index >= 15 is 0 Å². The second-order valence-electron chi connectivity index (χ2n) is 5.53. The smallest absolute Gasteiger partial charge is 0.125 e. The Bertz CT molecular complexity index is 560. The fourth-order valence-corrected chi connectivity index (χ4v) is 2.45. The second-order valence-corrected chi connectivity index (χ2v) is 5.53. The Morgan fingerprint density at radius 1 is 1.35 bits per heavy atom. The molecule has 0 saturated heterocycles. The number of aryl methyl sites for hydroxylation is 2. The van der Waals surface area contributed by atoms with Crippen LogP contribution in [-0.2, 0) is 13.0 Å². The number of aromatic nitrogens is 2. The summed E-state index contributed by atoms with van der Waals surface area (Å²) in [5, 5.41) is 3.41. The Morgan fingerprint density at radius 3 is 2.85 bits per heavy atom. The van der Waals surface area contributed by atoms with E-state index in [-0.39, 0.29) is 5.82 Å². The van der Waals surface area contributed by atoms with Crippen LogP contribution in [0.3, 0.4) is 0 Å². The molecule has 4 heteroatoms. The van der Waals surface area contributed by atoms with E-state index in [4.69, 9.17) is 0 Å². The molecule has 1 aromatic carbocycles. The summed E-state index contributed by atoms with van der Waals surface area (Å²) in [6.07, 6.45) is 3.00. The van der Waals surface area contributed by atoms with Crippen molar-refractivity contribution >= 4 is 11.0 Å². The third-order valence-electron chi connectivity index (χ3n) is 3.37. The number of halogens is 1. The number of rotatable bonds is 7. The van der Waals surface area contributed by atoms with Crippen molar-refractivity contribution in [3.05, 3.63) is 29.8 Å². The van der Waals surface area contributed by atoms with Crippen LogP contribution in [0.15, 0.2) is 18.2 Å². The van der Waals surface area contributed by atoms with Crippen molar-refractivity contribution < 1.29 is 4.39 Å². The normalized spacial score (nSPS) is 11.7. The van der Waals surface area contributed by atoms with Gasteiger partial charge in [0.2, 0.25) is 0 Å². The molecule has 2 aromatic rings. The average Bonchev–Trinajstić information content (AvgIpc) is 2.73. The Hall–Kier alpha value is -1.42. The number of benzene rings is 1. The molecule has 20 heavy (non-hydrogen) atoms. The van der Waals surface area contributed by atoms with Crippen molar-refractivity contribution in [3.63, 3.8) is 0 Å². The van der Waals surface area contributed by atoms with Crippen molar-refractivity contribution in [1.82, 2.24) is 14.9 Å². The summed E-state index contributed by atoms with van der Waals surface area (Å²) in [5.41, 5.74) is 1.81. The van der Waals surface area contributed by atoms with Crippen LogP contribution in [0, 0.1) is 5.82 Å². The van der Waals surface area contributed by atoms with Crippen molar-refractivity contribution in [2.75, 3.05) is 6.54 Å². The molecular weight excluding hydrogens is 253 g/mol. The van der Waals surface area contributed by atoms with Gasteiger partial charge in [0.25, 0.3) is 0 Å². The molecule has 110 valence electrons. The van der Waals surface area contributed by atoms with Crippen LogP contribution in [0.5, 0.6) is 0 Å². The molecule has 1 N–H and O–H groups in total. The summed E-state index contributed by atoms with van der Waals surface area (Å²) >= 11 is 0. The van der Waals surface area contributed by atoms with Crippen LogP contribution in [0.1, 0.15) is 39.4 Å². The van der Waals surface area contributed by atoms with E-state index in [1.54, 1.807) is 12.1 Å².